The molecule has 0 aliphatic heterocycles. The van der Waals surface area contributed by atoms with Gasteiger partial charge in [-0.2, -0.15) is 0 Å². The molecule has 2 heterocycles. The van der Waals surface area contributed by atoms with Crippen molar-refractivity contribution in [1.82, 2.24) is 14.5 Å². The van der Waals surface area contributed by atoms with Gasteiger partial charge in [-0.05, 0) is 36.5 Å². The second kappa shape index (κ2) is 4.19. The molecule has 1 aromatic carbocycles. The average molecular weight is 255 g/mol. The summed E-state index contributed by atoms with van der Waals surface area (Å²) in [5.74, 6) is 0.523. The summed E-state index contributed by atoms with van der Waals surface area (Å²) < 4.78 is 1.75. The van der Waals surface area contributed by atoms with Crippen LogP contribution in [0.1, 0.15) is 0 Å². The minimum atomic E-state index is -0.159. The molecule has 0 saturated heterocycles. The molecule has 0 radical (unpaired) electrons. The molecule has 0 atom stereocenters. The largest absolute Gasteiger partial charge is 0.331 e. The third kappa shape index (κ3) is 1.65. The summed E-state index contributed by atoms with van der Waals surface area (Å²) in [6, 6.07) is 12.6. The van der Waals surface area contributed by atoms with Crippen LogP contribution in [0.25, 0.3) is 16.7 Å². The second-order valence-corrected chi connectivity index (χ2v) is 4.19. The van der Waals surface area contributed by atoms with Crippen LogP contribution in [0.4, 0.5) is 0 Å². The Morgan fingerprint density at radius 3 is 2.67 bits per heavy atom. The Bertz CT molecular complexity index is 821. The molecule has 0 unspecified atom stereocenters. The zero-order valence-electron chi connectivity index (χ0n) is 9.33. The van der Waals surface area contributed by atoms with E-state index in [0.29, 0.717) is 16.0 Å². The number of rotatable bonds is 1. The van der Waals surface area contributed by atoms with Gasteiger partial charge in [-0.1, -0.05) is 18.2 Å². The summed E-state index contributed by atoms with van der Waals surface area (Å²) in [7, 11) is 0. The summed E-state index contributed by atoms with van der Waals surface area (Å²) in [4.78, 5) is 19.6. The van der Waals surface area contributed by atoms with Crippen LogP contribution in [-0.2, 0) is 0 Å². The maximum Gasteiger partial charge on any atom is 0.267 e. The van der Waals surface area contributed by atoms with Gasteiger partial charge < -0.3 is 4.98 Å². The van der Waals surface area contributed by atoms with Crippen molar-refractivity contribution in [3.8, 4) is 5.82 Å². The van der Waals surface area contributed by atoms with Gasteiger partial charge in [-0.15, -0.1) is 0 Å². The number of aromatic nitrogens is 3. The zero-order chi connectivity index (χ0) is 12.5. The molecule has 0 saturated carbocycles. The molecule has 2 aromatic heterocycles. The third-order valence-corrected chi connectivity index (χ3v) is 2.97. The van der Waals surface area contributed by atoms with E-state index < -0.39 is 0 Å². The van der Waals surface area contributed by atoms with Gasteiger partial charge in [0.15, 0.2) is 4.77 Å². The van der Waals surface area contributed by atoms with Crippen molar-refractivity contribution in [2.45, 2.75) is 0 Å². The van der Waals surface area contributed by atoms with Crippen molar-refractivity contribution in [3.05, 3.63) is 63.8 Å². The van der Waals surface area contributed by atoms with E-state index in [-0.39, 0.29) is 5.56 Å². The van der Waals surface area contributed by atoms with Crippen LogP contribution in [0.5, 0.6) is 0 Å². The van der Waals surface area contributed by atoms with Crippen LogP contribution in [0.2, 0.25) is 0 Å². The molecule has 88 valence electrons. The number of para-hydroxylation sites is 1. The van der Waals surface area contributed by atoms with Crippen LogP contribution in [0, 0.1) is 4.77 Å². The van der Waals surface area contributed by atoms with Crippen molar-refractivity contribution in [1.29, 1.82) is 0 Å². The highest BCUT2D eigenvalue weighted by atomic mass is 32.1. The summed E-state index contributed by atoms with van der Waals surface area (Å²) in [6.07, 6.45) is 1.63. The van der Waals surface area contributed by atoms with Gasteiger partial charge in [-0.25, -0.2) is 9.55 Å². The SMILES string of the molecule is O=c1c2ccccc2[nH]c(=S)n1-c1ccccn1. The number of hydrogen-bond acceptors (Lipinski definition) is 3. The molecule has 1 N–H and O–H groups in total. The lowest BCUT2D eigenvalue weighted by molar-refractivity contribution is 0.901. The summed E-state index contributed by atoms with van der Waals surface area (Å²) >= 11 is 5.22. The standard InChI is InChI=1S/C13H9N3OS/c17-12-9-5-1-2-6-10(9)15-13(18)16(12)11-7-3-4-8-14-11/h1-8H,(H,15,18). The van der Waals surface area contributed by atoms with Gasteiger partial charge in [-0.3, -0.25) is 4.79 Å². The zero-order valence-corrected chi connectivity index (χ0v) is 10.1. The molecule has 0 aliphatic carbocycles. The lowest BCUT2D eigenvalue weighted by atomic mass is 10.2. The lowest BCUT2D eigenvalue weighted by Gasteiger charge is -2.06. The molecule has 0 amide bonds. The Hall–Kier alpha value is -2.27. The minimum Gasteiger partial charge on any atom is -0.331 e. The first kappa shape index (κ1) is 10.9. The van der Waals surface area contributed by atoms with Gasteiger partial charge in [0.1, 0.15) is 5.82 Å². The Morgan fingerprint density at radius 1 is 1.11 bits per heavy atom. The second-order valence-electron chi connectivity index (χ2n) is 3.80. The van der Waals surface area contributed by atoms with E-state index in [1.165, 1.54) is 4.57 Å². The molecule has 4 nitrogen and oxygen atoms in total. The quantitative estimate of drug-likeness (QED) is 0.679. The van der Waals surface area contributed by atoms with Crippen molar-refractivity contribution in [2.24, 2.45) is 0 Å². The average Bonchev–Trinajstić information content (AvgIpc) is 2.40. The molecular formula is C13H9N3OS. The molecule has 0 bridgehead atoms. The fourth-order valence-corrected chi connectivity index (χ4v) is 2.14. The van der Waals surface area contributed by atoms with Crippen molar-refractivity contribution >= 4 is 23.1 Å². The first-order chi connectivity index (χ1) is 8.77. The van der Waals surface area contributed by atoms with Gasteiger partial charge in [0.25, 0.3) is 5.56 Å². The number of pyridine rings is 1. The molecule has 0 fully saturated rings. The van der Waals surface area contributed by atoms with Gasteiger partial charge in [0, 0.05) is 6.20 Å². The van der Waals surface area contributed by atoms with Crippen molar-refractivity contribution in [3.63, 3.8) is 0 Å². The van der Waals surface area contributed by atoms with E-state index in [9.17, 15) is 4.79 Å². The predicted octanol–water partition coefficient (Wildman–Crippen LogP) is 2.44. The molecule has 0 aliphatic rings. The number of aromatic amines is 1. The van der Waals surface area contributed by atoms with Crippen molar-refractivity contribution < 1.29 is 0 Å². The van der Waals surface area contributed by atoms with Crippen LogP contribution in [-0.4, -0.2) is 14.5 Å². The van der Waals surface area contributed by atoms with Gasteiger partial charge in [0.2, 0.25) is 0 Å². The summed E-state index contributed by atoms with van der Waals surface area (Å²) in [5, 5.41) is 0.594. The highest BCUT2D eigenvalue weighted by Gasteiger charge is 2.07. The molecule has 3 aromatic rings. The monoisotopic (exact) mass is 255 g/mol. The van der Waals surface area contributed by atoms with E-state index in [1.807, 2.05) is 24.3 Å². The van der Waals surface area contributed by atoms with Crippen LogP contribution in [0.15, 0.2) is 53.5 Å². The maximum absolute atomic E-state index is 12.4. The third-order valence-electron chi connectivity index (χ3n) is 2.68. The molecular weight excluding hydrogens is 246 g/mol. The first-order valence-electron chi connectivity index (χ1n) is 5.43. The predicted molar refractivity (Wildman–Crippen MR) is 72.5 cm³/mol. The molecule has 18 heavy (non-hydrogen) atoms. The molecule has 3 rings (SSSR count). The highest BCUT2D eigenvalue weighted by molar-refractivity contribution is 7.71. The molecule has 0 spiro atoms. The molecule has 5 heteroatoms. The number of benzene rings is 1. The Morgan fingerprint density at radius 2 is 1.89 bits per heavy atom. The van der Waals surface area contributed by atoms with Gasteiger partial charge in [0.05, 0.1) is 10.9 Å². The Balaban J connectivity index is 2.45. The number of H-pyrrole nitrogens is 1. The maximum atomic E-state index is 12.4. The normalized spacial score (nSPS) is 10.7. The first-order valence-corrected chi connectivity index (χ1v) is 5.84. The smallest absolute Gasteiger partial charge is 0.267 e. The summed E-state index contributed by atoms with van der Waals surface area (Å²) in [6.45, 7) is 0. The van der Waals surface area contributed by atoms with E-state index in [4.69, 9.17) is 12.2 Å². The highest BCUT2D eigenvalue weighted by Crippen LogP contribution is 2.08. The van der Waals surface area contributed by atoms with E-state index in [2.05, 4.69) is 9.97 Å². The fraction of sp³-hybridized carbons (Fsp3) is 0. The van der Waals surface area contributed by atoms with Gasteiger partial charge >= 0.3 is 0 Å². The topological polar surface area (TPSA) is 50.7 Å². The number of fused-ring (bicyclic) bond motifs is 1. The number of nitrogens with zero attached hydrogens (tertiary/aromatic N) is 2. The Kier molecular flexibility index (Phi) is 2.53. The van der Waals surface area contributed by atoms with Crippen molar-refractivity contribution in [2.75, 3.05) is 0 Å². The number of hydrogen-bond donors (Lipinski definition) is 1. The van der Waals surface area contributed by atoms with Crippen LogP contribution < -0.4 is 5.56 Å². The Labute approximate surface area is 108 Å². The van der Waals surface area contributed by atoms with E-state index in [1.54, 1.807) is 24.4 Å². The minimum absolute atomic E-state index is 0.159. The van der Waals surface area contributed by atoms with E-state index in [0.717, 1.165) is 5.52 Å². The fourth-order valence-electron chi connectivity index (χ4n) is 1.86. The van der Waals surface area contributed by atoms with Crippen LogP contribution >= 0.6 is 12.2 Å². The number of nitrogens with one attached hydrogen (secondary N) is 1. The summed E-state index contributed by atoms with van der Waals surface area (Å²) in [5.41, 5.74) is 0.577. The lowest BCUT2D eigenvalue weighted by Crippen LogP contribution is -2.21. The van der Waals surface area contributed by atoms with E-state index >= 15 is 0 Å². The van der Waals surface area contributed by atoms with Crippen LogP contribution in [0.3, 0.4) is 0 Å².